The van der Waals surface area contributed by atoms with E-state index in [1.54, 1.807) is 30.3 Å². The van der Waals surface area contributed by atoms with Crippen LogP contribution in [0.25, 0.3) is 6.08 Å². The minimum absolute atomic E-state index is 0.0562. The third-order valence-corrected chi connectivity index (χ3v) is 6.72. The number of amides is 3. The highest BCUT2D eigenvalue weighted by Crippen LogP contribution is 2.40. The molecular weight excluding hydrogens is 607 g/mol. The third kappa shape index (κ3) is 6.64. The Kier molecular flexibility index (Phi) is 8.06. The Morgan fingerprint density at radius 1 is 1.08 bits per heavy atom. The topological polar surface area (TPSA) is 119 Å². The van der Waals surface area contributed by atoms with Gasteiger partial charge in [0.05, 0.1) is 19.9 Å². The van der Waals surface area contributed by atoms with Crippen molar-refractivity contribution in [1.29, 1.82) is 0 Å². The van der Waals surface area contributed by atoms with E-state index >= 15 is 0 Å². The van der Waals surface area contributed by atoms with E-state index in [9.17, 15) is 37.7 Å². The Hall–Kier alpha value is -4.17. The molecule has 0 aliphatic carbocycles. The SMILES string of the molecule is O=C(CN1C(=O)S/C(=C/c2ccc(Oc3ccc(C(F)(F)F)cc3[N+](=O)[O-])c(Br)c2)C1=O)Nc1ccccc1. The molecule has 0 atom stereocenters. The summed E-state index contributed by atoms with van der Waals surface area (Å²) in [6.07, 6.45) is -3.35. The lowest BCUT2D eigenvalue weighted by Gasteiger charge is -2.12. The fraction of sp³-hybridized carbons (Fsp3) is 0.0800. The number of rotatable bonds is 7. The third-order valence-electron chi connectivity index (χ3n) is 5.19. The van der Waals surface area contributed by atoms with E-state index in [-0.39, 0.29) is 15.1 Å². The Morgan fingerprint density at radius 2 is 1.77 bits per heavy atom. The molecule has 1 heterocycles. The van der Waals surface area contributed by atoms with Crippen LogP contribution in [-0.4, -0.2) is 33.4 Å². The van der Waals surface area contributed by atoms with Gasteiger partial charge in [0.1, 0.15) is 12.3 Å². The van der Waals surface area contributed by atoms with Gasteiger partial charge in [0.15, 0.2) is 0 Å². The van der Waals surface area contributed by atoms with E-state index in [2.05, 4.69) is 21.2 Å². The second-order valence-corrected chi connectivity index (χ2v) is 9.76. The van der Waals surface area contributed by atoms with Crippen molar-refractivity contribution in [3.8, 4) is 11.5 Å². The van der Waals surface area contributed by atoms with Crippen molar-refractivity contribution in [2.24, 2.45) is 0 Å². The number of hydrogen-bond donors (Lipinski definition) is 1. The summed E-state index contributed by atoms with van der Waals surface area (Å²) >= 11 is 3.89. The molecule has 0 aromatic heterocycles. The first-order chi connectivity index (χ1) is 18.4. The van der Waals surface area contributed by atoms with Gasteiger partial charge in [-0.2, -0.15) is 13.2 Å². The van der Waals surface area contributed by atoms with Crippen LogP contribution in [0.1, 0.15) is 11.1 Å². The van der Waals surface area contributed by atoms with E-state index in [1.165, 1.54) is 24.3 Å². The second-order valence-electron chi connectivity index (χ2n) is 7.91. The summed E-state index contributed by atoms with van der Waals surface area (Å²) < 4.78 is 44.6. The van der Waals surface area contributed by atoms with Crippen LogP contribution in [0.2, 0.25) is 0 Å². The number of carbonyl (C=O) groups excluding carboxylic acids is 3. The number of hydrogen-bond acceptors (Lipinski definition) is 7. The largest absolute Gasteiger partial charge is 0.449 e. The molecule has 1 aliphatic heterocycles. The van der Waals surface area contributed by atoms with Crippen LogP contribution in [-0.2, 0) is 15.8 Å². The van der Waals surface area contributed by atoms with Gasteiger partial charge in [-0.15, -0.1) is 0 Å². The first-order valence-electron chi connectivity index (χ1n) is 10.9. The lowest BCUT2D eigenvalue weighted by Crippen LogP contribution is -2.36. The molecule has 0 bridgehead atoms. The number of nitrogens with one attached hydrogen (secondary N) is 1. The van der Waals surface area contributed by atoms with Crippen molar-refractivity contribution in [2.75, 3.05) is 11.9 Å². The monoisotopic (exact) mass is 621 g/mol. The van der Waals surface area contributed by atoms with Crippen molar-refractivity contribution >= 4 is 62.2 Å². The van der Waals surface area contributed by atoms with Crippen molar-refractivity contribution < 1.29 is 37.2 Å². The molecule has 0 spiro atoms. The average molecular weight is 622 g/mol. The fourth-order valence-electron chi connectivity index (χ4n) is 3.38. The standard InChI is InChI=1S/C25H15BrF3N3O6S/c26-17-10-14(6-8-19(17)38-20-9-7-15(25(27,28)29)12-18(20)32(36)37)11-21-23(34)31(24(35)39-21)13-22(33)30-16-4-2-1-3-5-16/h1-12H,13H2,(H,30,33)/b21-11+. The zero-order valence-electron chi connectivity index (χ0n) is 19.4. The molecule has 9 nitrogen and oxygen atoms in total. The van der Waals surface area contributed by atoms with E-state index in [0.717, 1.165) is 11.0 Å². The molecule has 3 aromatic carbocycles. The number of para-hydroxylation sites is 1. The Bertz CT molecular complexity index is 1510. The Morgan fingerprint density at radius 3 is 2.41 bits per heavy atom. The van der Waals surface area contributed by atoms with Gasteiger partial charge in [0.2, 0.25) is 11.7 Å². The number of thioether (sulfide) groups is 1. The molecule has 3 aromatic rings. The first kappa shape index (κ1) is 27.9. The molecule has 39 heavy (non-hydrogen) atoms. The molecule has 14 heteroatoms. The molecule has 1 fully saturated rings. The summed E-state index contributed by atoms with van der Waals surface area (Å²) in [5.74, 6) is -1.56. The lowest BCUT2D eigenvalue weighted by atomic mass is 10.1. The van der Waals surface area contributed by atoms with Crippen LogP contribution in [0.15, 0.2) is 76.1 Å². The minimum Gasteiger partial charge on any atom is -0.449 e. The van der Waals surface area contributed by atoms with Crippen LogP contribution in [0.5, 0.6) is 11.5 Å². The van der Waals surface area contributed by atoms with Gasteiger partial charge in [-0.25, -0.2) is 0 Å². The summed E-state index contributed by atoms with van der Waals surface area (Å²) in [6, 6.07) is 14.8. The highest BCUT2D eigenvalue weighted by atomic mass is 79.9. The molecule has 4 rings (SSSR count). The molecule has 0 saturated carbocycles. The molecular formula is C25H15BrF3N3O6S. The number of ether oxygens (including phenoxy) is 1. The minimum atomic E-state index is -4.77. The summed E-state index contributed by atoms with van der Waals surface area (Å²) in [6.45, 7) is -0.473. The summed E-state index contributed by atoms with van der Waals surface area (Å²) in [5.41, 5.74) is -1.11. The van der Waals surface area contributed by atoms with Crippen molar-refractivity contribution in [3.05, 3.63) is 97.3 Å². The van der Waals surface area contributed by atoms with Crippen LogP contribution in [0, 0.1) is 10.1 Å². The normalized spacial score (nSPS) is 14.6. The number of alkyl halides is 3. The van der Waals surface area contributed by atoms with Crippen molar-refractivity contribution in [1.82, 2.24) is 4.90 Å². The van der Waals surface area contributed by atoms with Crippen LogP contribution in [0.4, 0.5) is 29.3 Å². The maximum atomic E-state index is 12.9. The summed E-state index contributed by atoms with van der Waals surface area (Å²) in [4.78, 5) is 48.6. The highest BCUT2D eigenvalue weighted by molar-refractivity contribution is 9.10. The van der Waals surface area contributed by atoms with Crippen LogP contribution < -0.4 is 10.1 Å². The number of nitro benzene ring substituents is 1. The van der Waals surface area contributed by atoms with Gasteiger partial charge < -0.3 is 10.1 Å². The van der Waals surface area contributed by atoms with E-state index in [1.807, 2.05) is 0 Å². The predicted molar refractivity (Wildman–Crippen MR) is 140 cm³/mol. The zero-order chi connectivity index (χ0) is 28.3. The first-order valence-corrected chi connectivity index (χ1v) is 12.5. The van der Waals surface area contributed by atoms with E-state index < -0.39 is 51.7 Å². The number of imide groups is 1. The highest BCUT2D eigenvalue weighted by Gasteiger charge is 2.36. The number of benzene rings is 3. The molecule has 3 amide bonds. The smallest absolute Gasteiger partial charge is 0.416 e. The molecule has 1 aliphatic rings. The number of nitrogens with zero attached hydrogens (tertiary/aromatic N) is 2. The lowest BCUT2D eigenvalue weighted by molar-refractivity contribution is -0.385. The molecule has 0 radical (unpaired) electrons. The van der Waals surface area contributed by atoms with Gasteiger partial charge in [0.25, 0.3) is 11.1 Å². The number of halogens is 4. The molecule has 1 N–H and O–H groups in total. The maximum Gasteiger partial charge on any atom is 0.416 e. The van der Waals surface area contributed by atoms with Gasteiger partial charge in [-0.05, 0) is 75.7 Å². The van der Waals surface area contributed by atoms with Gasteiger partial charge >= 0.3 is 11.9 Å². The number of nitro groups is 1. The van der Waals surface area contributed by atoms with Crippen molar-refractivity contribution in [2.45, 2.75) is 6.18 Å². The average Bonchev–Trinajstić information content (AvgIpc) is 3.12. The van der Waals surface area contributed by atoms with Crippen molar-refractivity contribution in [3.63, 3.8) is 0 Å². The fourth-order valence-corrected chi connectivity index (χ4v) is 4.70. The Balaban J connectivity index is 1.48. The predicted octanol–water partition coefficient (Wildman–Crippen LogP) is 6.84. The summed E-state index contributed by atoms with van der Waals surface area (Å²) in [5, 5.41) is 13.3. The molecule has 1 saturated heterocycles. The van der Waals surface area contributed by atoms with Crippen LogP contribution >= 0.6 is 27.7 Å². The summed E-state index contributed by atoms with van der Waals surface area (Å²) in [7, 11) is 0. The Labute approximate surface area is 230 Å². The maximum absolute atomic E-state index is 12.9. The number of carbonyl (C=O) groups is 3. The second kappa shape index (κ2) is 11.3. The van der Waals surface area contributed by atoms with Gasteiger partial charge in [-0.3, -0.25) is 29.4 Å². The zero-order valence-corrected chi connectivity index (χ0v) is 21.8. The molecule has 0 unspecified atom stereocenters. The van der Waals surface area contributed by atoms with Crippen LogP contribution in [0.3, 0.4) is 0 Å². The van der Waals surface area contributed by atoms with Gasteiger partial charge in [-0.1, -0.05) is 24.3 Å². The number of anilines is 1. The quantitative estimate of drug-likeness (QED) is 0.174. The molecule has 200 valence electrons. The van der Waals surface area contributed by atoms with Gasteiger partial charge in [0, 0.05) is 11.8 Å². The van der Waals surface area contributed by atoms with E-state index in [4.69, 9.17) is 4.74 Å². The van der Waals surface area contributed by atoms with E-state index in [0.29, 0.717) is 35.1 Å².